The van der Waals surface area contributed by atoms with Gasteiger partial charge in [0.05, 0.1) is 6.33 Å². The summed E-state index contributed by atoms with van der Waals surface area (Å²) in [5.41, 5.74) is 0. The number of hydrogen-bond acceptors (Lipinski definition) is 0. The van der Waals surface area contributed by atoms with Gasteiger partial charge in [0.15, 0.2) is 0 Å². The third-order valence-electron chi connectivity index (χ3n) is 0.0476. The average Bonchev–Trinajstić information content (AvgIpc) is 1.37. The van der Waals surface area contributed by atoms with E-state index < -0.39 is 0 Å². The van der Waals surface area contributed by atoms with Crippen molar-refractivity contribution in [3.8, 4) is 0 Å². The topological polar surface area (TPSA) is 0 Å². The average molecular weight is 172 g/mol. The zero-order valence-corrected chi connectivity index (χ0v) is 4.07. The summed E-state index contributed by atoms with van der Waals surface area (Å²) in [7, 11) is 0. The molecular formula is C2H2FI. The minimum Gasteiger partial charge on any atom is -0.215 e. The molecule has 0 aromatic heterocycles. The fraction of sp³-hybridized carbons (Fsp3) is 0. The largest absolute Gasteiger partial charge is 0.215 e. The van der Waals surface area contributed by atoms with E-state index in [0.29, 0.717) is 6.33 Å². The molecule has 0 aliphatic heterocycles. The molecule has 24 valence electrons. The van der Waals surface area contributed by atoms with Crippen molar-refractivity contribution in [3.63, 3.8) is 0 Å². The Balaban J connectivity index is 2.55. The number of rotatable bonds is 0. The van der Waals surface area contributed by atoms with Gasteiger partial charge in [-0.15, -0.1) is 0 Å². The van der Waals surface area contributed by atoms with Crippen molar-refractivity contribution in [2.75, 3.05) is 0 Å². The standard InChI is InChI=1S/C2H2FI/c3-1-2-4/h1-2H. The van der Waals surface area contributed by atoms with Crippen molar-refractivity contribution in [3.05, 3.63) is 10.4 Å². The summed E-state index contributed by atoms with van der Waals surface area (Å²) in [4.78, 5) is 0. The third-order valence-corrected chi connectivity index (χ3v) is 0.319. The van der Waals surface area contributed by atoms with Crippen LogP contribution in [0.1, 0.15) is 0 Å². The van der Waals surface area contributed by atoms with Gasteiger partial charge < -0.3 is 0 Å². The fourth-order valence-electron chi connectivity index (χ4n) is 0. The quantitative estimate of drug-likeness (QED) is 0.489. The summed E-state index contributed by atoms with van der Waals surface area (Å²) in [5.74, 6) is 0. The lowest BCUT2D eigenvalue weighted by Gasteiger charge is -1.43. The van der Waals surface area contributed by atoms with E-state index in [9.17, 15) is 4.39 Å². The summed E-state index contributed by atoms with van der Waals surface area (Å²) >= 11 is 1.80. The SMILES string of the molecule is FC=CI. The lowest BCUT2D eigenvalue weighted by atomic mass is 11.2. The first-order valence-electron chi connectivity index (χ1n) is 0.770. The molecule has 0 saturated heterocycles. The van der Waals surface area contributed by atoms with Gasteiger partial charge in [0, 0.05) is 4.08 Å². The zero-order valence-electron chi connectivity index (χ0n) is 1.91. The molecule has 0 rings (SSSR count). The van der Waals surface area contributed by atoms with Gasteiger partial charge in [0.2, 0.25) is 0 Å². The van der Waals surface area contributed by atoms with E-state index in [4.69, 9.17) is 0 Å². The monoisotopic (exact) mass is 172 g/mol. The van der Waals surface area contributed by atoms with Crippen LogP contribution in [0.2, 0.25) is 0 Å². The highest BCUT2D eigenvalue weighted by Gasteiger charge is 1.41. The highest BCUT2D eigenvalue weighted by molar-refractivity contribution is 14.1. The molecule has 0 heterocycles. The van der Waals surface area contributed by atoms with Crippen molar-refractivity contribution in [1.82, 2.24) is 0 Å². The molecule has 0 nitrogen and oxygen atoms in total. The Labute approximate surface area is 37.8 Å². The highest BCUT2D eigenvalue weighted by Crippen LogP contribution is 1.80. The number of halogens is 2. The van der Waals surface area contributed by atoms with E-state index in [0.717, 1.165) is 0 Å². The van der Waals surface area contributed by atoms with Gasteiger partial charge in [-0.2, -0.15) is 0 Å². The van der Waals surface area contributed by atoms with Crippen molar-refractivity contribution in [2.24, 2.45) is 0 Å². The molecule has 0 spiro atoms. The van der Waals surface area contributed by atoms with Gasteiger partial charge in [-0.1, -0.05) is 22.6 Å². The summed E-state index contributed by atoms with van der Waals surface area (Å²) in [6, 6.07) is 0. The van der Waals surface area contributed by atoms with E-state index in [1.807, 2.05) is 0 Å². The van der Waals surface area contributed by atoms with Crippen LogP contribution in [-0.2, 0) is 0 Å². The first-order chi connectivity index (χ1) is 1.91. The van der Waals surface area contributed by atoms with Gasteiger partial charge in [-0.05, 0) is 0 Å². The predicted molar refractivity (Wildman–Crippen MR) is 24.3 cm³/mol. The van der Waals surface area contributed by atoms with E-state index in [1.165, 1.54) is 4.08 Å². The predicted octanol–water partition coefficient (Wildman–Crippen LogP) is 1.86. The molecule has 0 atom stereocenters. The summed E-state index contributed by atoms with van der Waals surface area (Å²) < 4.78 is 11.8. The maximum absolute atomic E-state index is 10.5. The van der Waals surface area contributed by atoms with E-state index >= 15 is 0 Å². The Morgan fingerprint density at radius 2 is 2.00 bits per heavy atom. The van der Waals surface area contributed by atoms with Crippen LogP contribution in [0.5, 0.6) is 0 Å². The zero-order chi connectivity index (χ0) is 3.41. The third kappa shape index (κ3) is 2.40. The van der Waals surface area contributed by atoms with Crippen LogP contribution in [-0.4, -0.2) is 0 Å². The molecule has 0 fully saturated rings. The Hall–Kier alpha value is 0.400. The maximum atomic E-state index is 10.5. The molecule has 0 saturated carbocycles. The summed E-state index contributed by atoms with van der Waals surface area (Å²) in [6.45, 7) is 0. The van der Waals surface area contributed by atoms with Crippen molar-refractivity contribution < 1.29 is 4.39 Å². The first kappa shape index (κ1) is 4.40. The molecule has 0 aliphatic carbocycles. The van der Waals surface area contributed by atoms with Crippen LogP contribution >= 0.6 is 22.6 Å². The normalized spacial score (nSPS) is 9.50. The Bertz CT molecular complexity index is 21.2. The maximum Gasteiger partial charge on any atom is 0.0927 e. The number of hydrogen-bond donors (Lipinski definition) is 0. The van der Waals surface area contributed by atoms with Crippen LogP contribution in [0.4, 0.5) is 4.39 Å². The second kappa shape index (κ2) is 3.40. The van der Waals surface area contributed by atoms with Crippen LogP contribution in [0.3, 0.4) is 0 Å². The molecule has 4 heavy (non-hydrogen) atoms. The second-order valence-corrected chi connectivity index (χ2v) is 0.971. The highest BCUT2D eigenvalue weighted by atomic mass is 127. The molecule has 0 radical (unpaired) electrons. The van der Waals surface area contributed by atoms with Gasteiger partial charge in [0.1, 0.15) is 0 Å². The Morgan fingerprint density at radius 3 is 2.00 bits per heavy atom. The molecule has 0 bridgehead atoms. The lowest BCUT2D eigenvalue weighted by Crippen LogP contribution is -1.13. The molecule has 0 aliphatic rings. The van der Waals surface area contributed by atoms with Gasteiger partial charge in [-0.25, -0.2) is 4.39 Å². The molecule has 0 aromatic carbocycles. The van der Waals surface area contributed by atoms with Crippen LogP contribution in [0.15, 0.2) is 10.4 Å². The van der Waals surface area contributed by atoms with Crippen LogP contribution < -0.4 is 0 Å². The van der Waals surface area contributed by atoms with E-state index in [1.54, 1.807) is 22.6 Å². The Morgan fingerprint density at radius 1 is 1.75 bits per heavy atom. The van der Waals surface area contributed by atoms with E-state index in [-0.39, 0.29) is 0 Å². The first-order valence-corrected chi connectivity index (χ1v) is 2.02. The van der Waals surface area contributed by atoms with Gasteiger partial charge in [0.25, 0.3) is 0 Å². The fourth-order valence-corrected chi connectivity index (χ4v) is 0. The van der Waals surface area contributed by atoms with Crippen molar-refractivity contribution in [1.29, 1.82) is 0 Å². The van der Waals surface area contributed by atoms with Gasteiger partial charge >= 0.3 is 0 Å². The van der Waals surface area contributed by atoms with Crippen LogP contribution in [0.25, 0.3) is 0 Å². The summed E-state index contributed by atoms with van der Waals surface area (Å²) in [6.07, 6.45) is 0.487. The van der Waals surface area contributed by atoms with Crippen molar-refractivity contribution >= 4 is 22.6 Å². The molecule has 0 aromatic rings. The minimum absolute atomic E-state index is 0.487. The molecule has 0 unspecified atom stereocenters. The second-order valence-electron chi connectivity index (χ2n) is 0.252. The minimum atomic E-state index is 0.487. The van der Waals surface area contributed by atoms with Crippen LogP contribution in [0, 0.1) is 0 Å². The smallest absolute Gasteiger partial charge is 0.0927 e. The molecule has 0 N–H and O–H groups in total. The molecule has 0 amide bonds. The van der Waals surface area contributed by atoms with Crippen molar-refractivity contribution in [2.45, 2.75) is 0 Å². The lowest BCUT2D eigenvalue weighted by molar-refractivity contribution is 0.724. The van der Waals surface area contributed by atoms with E-state index in [2.05, 4.69) is 0 Å². The van der Waals surface area contributed by atoms with Gasteiger partial charge in [-0.3, -0.25) is 0 Å². The Kier molecular flexibility index (Phi) is 3.74. The molecular weight excluding hydrogens is 170 g/mol. The molecule has 2 heteroatoms. The summed E-state index contributed by atoms with van der Waals surface area (Å²) in [5, 5.41) is 0.